The maximum Gasteiger partial charge on any atom is 0.330 e. The van der Waals surface area contributed by atoms with Crippen molar-refractivity contribution in [3.63, 3.8) is 0 Å². The second-order valence-corrected chi connectivity index (χ2v) is 3.26. The Kier molecular flexibility index (Phi) is 6.11. The molecule has 0 aliphatic rings. The first-order chi connectivity index (χ1) is 6.90. The summed E-state index contributed by atoms with van der Waals surface area (Å²) in [7, 11) is 0. The van der Waals surface area contributed by atoms with Crippen molar-refractivity contribution in [1.82, 2.24) is 0 Å². The number of rotatable bonds is 7. The molecule has 0 aromatic carbocycles. The molecule has 5 N–H and O–H groups in total. The zero-order valence-electron chi connectivity index (χ0n) is 8.20. The largest absolute Gasteiger partial charge is 0.478 e. The van der Waals surface area contributed by atoms with Crippen LogP contribution in [0.5, 0.6) is 0 Å². The average Bonchev–Trinajstić information content (AvgIpc) is 2.22. The summed E-state index contributed by atoms with van der Waals surface area (Å²) in [4.78, 5) is 10.3. The van der Waals surface area contributed by atoms with Crippen molar-refractivity contribution < 1.29 is 30.3 Å². The van der Waals surface area contributed by atoms with Crippen LogP contribution in [0.15, 0.2) is 12.2 Å². The minimum atomic E-state index is -1.49. The van der Waals surface area contributed by atoms with Gasteiger partial charge in [-0.2, -0.15) is 0 Å². The molecule has 88 valence electrons. The standard InChI is InChI=1S/C9H16O6/c1-5(9(14)15)2-3-6(11)8(13)7(12)4-10/h6-8,10-13H,1-4H2,(H,14,15). The minimum Gasteiger partial charge on any atom is -0.478 e. The summed E-state index contributed by atoms with van der Waals surface area (Å²) in [5.41, 5.74) is -0.0836. The van der Waals surface area contributed by atoms with Crippen molar-refractivity contribution in [1.29, 1.82) is 0 Å². The molecule has 0 saturated heterocycles. The van der Waals surface area contributed by atoms with Crippen molar-refractivity contribution in [3.8, 4) is 0 Å². The Labute approximate surface area is 87.1 Å². The summed E-state index contributed by atoms with van der Waals surface area (Å²) in [6, 6.07) is 0. The summed E-state index contributed by atoms with van der Waals surface area (Å²) < 4.78 is 0. The van der Waals surface area contributed by atoms with E-state index in [0.29, 0.717) is 0 Å². The van der Waals surface area contributed by atoms with Gasteiger partial charge in [0.25, 0.3) is 0 Å². The SMILES string of the molecule is C=C(CCC(O)C(O)C(O)CO)C(=O)O. The van der Waals surface area contributed by atoms with E-state index < -0.39 is 30.9 Å². The summed E-state index contributed by atoms with van der Waals surface area (Å²) in [5.74, 6) is -1.17. The fourth-order valence-corrected chi connectivity index (χ4v) is 0.964. The number of aliphatic hydroxyl groups excluding tert-OH is 4. The van der Waals surface area contributed by atoms with E-state index in [9.17, 15) is 15.0 Å². The number of carbonyl (C=O) groups is 1. The molecule has 0 radical (unpaired) electrons. The van der Waals surface area contributed by atoms with Crippen LogP contribution in [-0.2, 0) is 4.79 Å². The molecular formula is C9H16O6. The van der Waals surface area contributed by atoms with Crippen LogP contribution in [0, 0.1) is 0 Å². The summed E-state index contributed by atoms with van der Waals surface area (Å²) in [6.07, 6.45) is -4.24. The molecule has 6 heteroatoms. The minimum absolute atomic E-state index is 0.00566. The molecule has 3 atom stereocenters. The van der Waals surface area contributed by atoms with Gasteiger partial charge in [0.2, 0.25) is 0 Å². The lowest BCUT2D eigenvalue weighted by Crippen LogP contribution is -2.39. The maximum atomic E-state index is 10.3. The number of aliphatic hydroxyl groups is 4. The molecule has 0 aliphatic heterocycles. The van der Waals surface area contributed by atoms with Gasteiger partial charge >= 0.3 is 5.97 Å². The van der Waals surface area contributed by atoms with Gasteiger partial charge in [-0.05, 0) is 12.8 Å². The Balaban J connectivity index is 3.98. The summed E-state index contributed by atoms with van der Waals surface area (Å²) >= 11 is 0. The van der Waals surface area contributed by atoms with E-state index in [1.807, 2.05) is 0 Å². The highest BCUT2D eigenvalue weighted by atomic mass is 16.4. The number of carboxylic acid groups (broad SMARTS) is 1. The van der Waals surface area contributed by atoms with Gasteiger partial charge in [-0.3, -0.25) is 0 Å². The Bertz CT molecular complexity index is 227. The van der Waals surface area contributed by atoms with Crippen molar-refractivity contribution in [2.45, 2.75) is 31.2 Å². The number of carboxylic acids is 1. The third kappa shape index (κ3) is 4.89. The van der Waals surface area contributed by atoms with Crippen LogP contribution in [-0.4, -0.2) is 56.4 Å². The van der Waals surface area contributed by atoms with Gasteiger partial charge in [-0.1, -0.05) is 6.58 Å². The van der Waals surface area contributed by atoms with Crippen LogP contribution in [0.4, 0.5) is 0 Å². The van der Waals surface area contributed by atoms with Crippen LogP contribution < -0.4 is 0 Å². The van der Waals surface area contributed by atoms with Crippen LogP contribution >= 0.6 is 0 Å². The zero-order chi connectivity index (χ0) is 12.0. The Hall–Kier alpha value is -0.950. The highest BCUT2D eigenvalue weighted by molar-refractivity contribution is 5.85. The van der Waals surface area contributed by atoms with Gasteiger partial charge in [0, 0.05) is 5.57 Å². The van der Waals surface area contributed by atoms with Crippen molar-refractivity contribution >= 4 is 5.97 Å². The Morgan fingerprint density at radius 1 is 1.20 bits per heavy atom. The molecule has 0 fully saturated rings. The third-order valence-electron chi connectivity index (χ3n) is 2.02. The molecule has 0 heterocycles. The van der Waals surface area contributed by atoms with Gasteiger partial charge < -0.3 is 25.5 Å². The maximum absolute atomic E-state index is 10.3. The predicted molar refractivity (Wildman–Crippen MR) is 51.1 cm³/mol. The molecule has 15 heavy (non-hydrogen) atoms. The van der Waals surface area contributed by atoms with Gasteiger partial charge in [-0.15, -0.1) is 0 Å². The van der Waals surface area contributed by atoms with Crippen molar-refractivity contribution in [2.24, 2.45) is 0 Å². The highest BCUT2D eigenvalue weighted by Crippen LogP contribution is 2.10. The average molecular weight is 220 g/mol. The van der Waals surface area contributed by atoms with E-state index in [1.165, 1.54) is 0 Å². The topological polar surface area (TPSA) is 118 Å². The molecule has 0 aromatic heterocycles. The van der Waals surface area contributed by atoms with E-state index in [2.05, 4.69) is 6.58 Å². The Morgan fingerprint density at radius 3 is 2.13 bits per heavy atom. The number of hydrogen-bond acceptors (Lipinski definition) is 5. The molecule has 6 nitrogen and oxygen atoms in total. The van der Waals surface area contributed by atoms with Crippen molar-refractivity contribution in [2.75, 3.05) is 6.61 Å². The first-order valence-corrected chi connectivity index (χ1v) is 4.46. The summed E-state index contributed by atoms with van der Waals surface area (Å²) in [6.45, 7) is 2.58. The normalized spacial score (nSPS) is 16.8. The lowest BCUT2D eigenvalue weighted by Gasteiger charge is -2.21. The quantitative estimate of drug-likeness (QED) is 0.333. The predicted octanol–water partition coefficient (Wildman–Crippen LogP) is -1.52. The van der Waals surface area contributed by atoms with Gasteiger partial charge in [0.05, 0.1) is 12.7 Å². The summed E-state index contributed by atoms with van der Waals surface area (Å²) in [5, 5.41) is 44.4. The molecule has 0 aromatic rings. The molecule has 0 rings (SSSR count). The highest BCUT2D eigenvalue weighted by Gasteiger charge is 2.24. The van der Waals surface area contributed by atoms with E-state index >= 15 is 0 Å². The molecular weight excluding hydrogens is 204 g/mol. The van der Waals surface area contributed by atoms with Gasteiger partial charge in [-0.25, -0.2) is 4.79 Å². The first kappa shape index (κ1) is 14.1. The van der Waals surface area contributed by atoms with E-state index in [1.54, 1.807) is 0 Å². The van der Waals surface area contributed by atoms with Crippen LogP contribution in [0.3, 0.4) is 0 Å². The second kappa shape index (κ2) is 6.52. The fourth-order valence-electron chi connectivity index (χ4n) is 0.964. The molecule has 0 bridgehead atoms. The van der Waals surface area contributed by atoms with E-state index in [0.717, 1.165) is 0 Å². The molecule has 3 unspecified atom stereocenters. The van der Waals surface area contributed by atoms with Crippen LogP contribution in [0.1, 0.15) is 12.8 Å². The van der Waals surface area contributed by atoms with Crippen molar-refractivity contribution in [3.05, 3.63) is 12.2 Å². The lowest BCUT2D eigenvalue weighted by molar-refractivity contribution is -0.132. The molecule has 0 amide bonds. The third-order valence-corrected chi connectivity index (χ3v) is 2.02. The fraction of sp³-hybridized carbons (Fsp3) is 0.667. The molecule has 0 saturated carbocycles. The first-order valence-electron chi connectivity index (χ1n) is 4.46. The second-order valence-electron chi connectivity index (χ2n) is 3.26. The lowest BCUT2D eigenvalue weighted by atomic mass is 10.0. The molecule has 0 aliphatic carbocycles. The van der Waals surface area contributed by atoms with Crippen LogP contribution in [0.2, 0.25) is 0 Å². The number of hydrogen-bond donors (Lipinski definition) is 5. The van der Waals surface area contributed by atoms with E-state index in [4.69, 9.17) is 15.3 Å². The molecule has 0 spiro atoms. The zero-order valence-corrected chi connectivity index (χ0v) is 8.20. The Morgan fingerprint density at radius 2 is 1.73 bits per heavy atom. The monoisotopic (exact) mass is 220 g/mol. The number of aliphatic carboxylic acids is 1. The van der Waals surface area contributed by atoms with Gasteiger partial charge in [0.15, 0.2) is 0 Å². The van der Waals surface area contributed by atoms with Gasteiger partial charge in [0.1, 0.15) is 12.2 Å². The smallest absolute Gasteiger partial charge is 0.330 e. The van der Waals surface area contributed by atoms with Crippen LogP contribution in [0.25, 0.3) is 0 Å². The van der Waals surface area contributed by atoms with E-state index in [-0.39, 0.29) is 18.4 Å².